The summed E-state index contributed by atoms with van der Waals surface area (Å²) in [4.78, 5) is 12.4. The highest BCUT2D eigenvalue weighted by Gasteiger charge is 2.22. The number of benzene rings is 1. The quantitative estimate of drug-likeness (QED) is 0.766. The molecule has 1 heterocycles. The second-order valence-electron chi connectivity index (χ2n) is 5.71. The minimum Gasteiger partial charge on any atom is -0.321 e. The minimum absolute atomic E-state index is 0.160. The van der Waals surface area contributed by atoms with Crippen molar-refractivity contribution in [1.82, 2.24) is 4.31 Å². The number of sulfonamides is 1. The van der Waals surface area contributed by atoms with Gasteiger partial charge >= 0.3 is 0 Å². The first-order valence-electron chi connectivity index (χ1n) is 8.22. The maximum Gasteiger partial charge on any atom is 0.290 e. The Hall–Kier alpha value is -2.25. The summed E-state index contributed by atoms with van der Waals surface area (Å²) in [5, 5.41) is 2.75. The number of carbonyl (C=O) groups is 1. The van der Waals surface area contributed by atoms with E-state index in [0.29, 0.717) is 18.8 Å². The van der Waals surface area contributed by atoms with E-state index in [1.165, 1.54) is 16.4 Å². The summed E-state index contributed by atoms with van der Waals surface area (Å²) in [6.07, 6.45) is 3.66. The van der Waals surface area contributed by atoms with Gasteiger partial charge in [0, 0.05) is 30.9 Å². The predicted octanol–water partition coefficient (Wildman–Crippen LogP) is 1.95. The first-order chi connectivity index (χ1) is 11.9. The average molecular weight is 362 g/mol. The van der Waals surface area contributed by atoms with Crippen LogP contribution in [-0.4, -0.2) is 31.7 Å². The van der Waals surface area contributed by atoms with Crippen molar-refractivity contribution in [3.8, 4) is 0 Å². The van der Waals surface area contributed by atoms with Crippen molar-refractivity contribution < 1.29 is 17.8 Å². The van der Waals surface area contributed by atoms with Crippen LogP contribution in [0, 0.1) is 6.92 Å². The van der Waals surface area contributed by atoms with Gasteiger partial charge < -0.3 is 5.32 Å². The molecule has 0 aliphatic carbocycles. The molecule has 0 fully saturated rings. The Morgan fingerprint density at radius 1 is 1.12 bits per heavy atom. The maximum atomic E-state index is 12.6. The van der Waals surface area contributed by atoms with Crippen molar-refractivity contribution in [2.75, 3.05) is 18.4 Å². The number of pyridine rings is 1. The molecule has 2 aromatic rings. The van der Waals surface area contributed by atoms with E-state index in [0.717, 1.165) is 5.56 Å². The van der Waals surface area contributed by atoms with Crippen LogP contribution >= 0.6 is 0 Å². The van der Waals surface area contributed by atoms with Crippen LogP contribution < -0.4 is 9.88 Å². The normalized spacial score (nSPS) is 11.5. The molecular formula is C18H24N3O3S+. The highest BCUT2D eigenvalue weighted by Crippen LogP contribution is 2.19. The van der Waals surface area contributed by atoms with Gasteiger partial charge in [0.05, 0.1) is 4.90 Å². The van der Waals surface area contributed by atoms with Crippen LogP contribution in [0.3, 0.4) is 0 Å². The largest absolute Gasteiger partial charge is 0.321 e. The van der Waals surface area contributed by atoms with E-state index in [1.807, 2.05) is 31.5 Å². The summed E-state index contributed by atoms with van der Waals surface area (Å²) in [6, 6.07) is 10.2. The van der Waals surface area contributed by atoms with Gasteiger partial charge in [-0.25, -0.2) is 8.42 Å². The molecule has 2 rings (SSSR count). The third-order valence-electron chi connectivity index (χ3n) is 3.84. The molecule has 134 valence electrons. The molecule has 1 N–H and O–H groups in total. The monoisotopic (exact) mass is 362 g/mol. The second kappa shape index (κ2) is 8.22. The van der Waals surface area contributed by atoms with Crippen LogP contribution in [-0.2, 0) is 21.4 Å². The maximum absolute atomic E-state index is 12.6. The molecule has 0 bridgehead atoms. The number of aromatic nitrogens is 1. The fourth-order valence-electron chi connectivity index (χ4n) is 2.45. The fraction of sp³-hybridized carbons (Fsp3) is 0.333. The van der Waals surface area contributed by atoms with E-state index in [2.05, 4.69) is 5.32 Å². The number of hydrogen-bond donors (Lipinski definition) is 1. The van der Waals surface area contributed by atoms with Gasteiger partial charge in [0.25, 0.3) is 5.91 Å². The third kappa shape index (κ3) is 4.87. The van der Waals surface area contributed by atoms with Crippen LogP contribution in [0.5, 0.6) is 0 Å². The average Bonchev–Trinajstić information content (AvgIpc) is 2.58. The molecule has 25 heavy (non-hydrogen) atoms. The van der Waals surface area contributed by atoms with E-state index >= 15 is 0 Å². The van der Waals surface area contributed by atoms with Crippen molar-refractivity contribution in [2.45, 2.75) is 32.2 Å². The highest BCUT2D eigenvalue weighted by atomic mass is 32.2. The molecule has 0 atom stereocenters. The Morgan fingerprint density at radius 2 is 1.76 bits per heavy atom. The van der Waals surface area contributed by atoms with E-state index in [-0.39, 0.29) is 17.3 Å². The molecular weight excluding hydrogens is 338 g/mol. The molecule has 0 spiro atoms. The zero-order chi connectivity index (χ0) is 18.4. The third-order valence-corrected chi connectivity index (χ3v) is 5.89. The molecule has 0 radical (unpaired) electrons. The summed E-state index contributed by atoms with van der Waals surface area (Å²) in [5.74, 6) is -0.216. The number of nitrogens with zero attached hydrogens (tertiary/aromatic N) is 2. The highest BCUT2D eigenvalue weighted by molar-refractivity contribution is 7.89. The molecule has 1 amide bonds. The Kier molecular flexibility index (Phi) is 6.27. The summed E-state index contributed by atoms with van der Waals surface area (Å²) < 4.78 is 28.3. The molecule has 0 aliphatic heterocycles. The van der Waals surface area contributed by atoms with E-state index < -0.39 is 10.0 Å². The van der Waals surface area contributed by atoms with Crippen LogP contribution in [0.2, 0.25) is 0 Å². The standard InChI is InChI=1S/C18H23N3O3S/c1-4-21(5-2)25(23,24)17-8-6-7-16(13-17)19-18(22)14-20-11-9-15(3)10-12-20/h6-13H,4-5,14H2,1-3H3/p+1. The molecule has 1 aromatic carbocycles. The minimum atomic E-state index is -3.55. The van der Waals surface area contributed by atoms with Crippen molar-refractivity contribution in [2.24, 2.45) is 0 Å². The smallest absolute Gasteiger partial charge is 0.290 e. The number of nitrogens with one attached hydrogen (secondary N) is 1. The summed E-state index contributed by atoms with van der Waals surface area (Å²) >= 11 is 0. The lowest BCUT2D eigenvalue weighted by Crippen LogP contribution is -2.39. The zero-order valence-corrected chi connectivity index (χ0v) is 15.6. The lowest BCUT2D eigenvalue weighted by Gasteiger charge is -2.18. The number of anilines is 1. The van der Waals surface area contributed by atoms with Gasteiger partial charge in [-0.15, -0.1) is 0 Å². The van der Waals surface area contributed by atoms with Crippen LogP contribution in [0.25, 0.3) is 0 Å². The summed E-state index contributed by atoms with van der Waals surface area (Å²) in [6.45, 7) is 6.54. The van der Waals surface area contributed by atoms with Gasteiger partial charge in [0.2, 0.25) is 16.6 Å². The molecule has 0 unspecified atom stereocenters. The van der Waals surface area contributed by atoms with Gasteiger partial charge in [0.15, 0.2) is 12.4 Å². The lowest BCUT2D eigenvalue weighted by atomic mass is 10.3. The number of aryl methyl sites for hydroxylation is 1. The van der Waals surface area contributed by atoms with Crippen molar-refractivity contribution in [1.29, 1.82) is 0 Å². The number of carbonyl (C=O) groups excluding carboxylic acids is 1. The first kappa shape index (κ1) is 19.1. The molecule has 7 heteroatoms. The molecule has 0 aliphatic rings. The molecule has 0 saturated heterocycles. The zero-order valence-electron chi connectivity index (χ0n) is 14.8. The van der Waals surface area contributed by atoms with Gasteiger partial charge in [0.1, 0.15) is 0 Å². The number of amides is 1. The van der Waals surface area contributed by atoms with Crippen LogP contribution in [0.1, 0.15) is 19.4 Å². The Morgan fingerprint density at radius 3 is 2.36 bits per heavy atom. The van der Waals surface area contributed by atoms with E-state index in [1.54, 1.807) is 30.5 Å². The predicted molar refractivity (Wildman–Crippen MR) is 96.6 cm³/mol. The van der Waals surface area contributed by atoms with Crippen molar-refractivity contribution in [3.05, 3.63) is 54.4 Å². The fourth-order valence-corrected chi connectivity index (χ4v) is 3.95. The lowest BCUT2D eigenvalue weighted by molar-refractivity contribution is -0.684. The molecule has 1 aromatic heterocycles. The Bertz CT molecular complexity index is 829. The first-order valence-corrected chi connectivity index (χ1v) is 9.66. The van der Waals surface area contributed by atoms with Gasteiger partial charge in [-0.3, -0.25) is 4.79 Å². The van der Waals surface area contributed by atoms with Gasteiger partial charge in [-0.05, 0) is 30.7 Å². The van der Waals surface area contributed by atoms with E-state index in [4.69, 9.17) is 0 Å². The second-order valence-corrected chi connectivity index (χ2v) is 7.65. The molecule has 0 saturated carbocycles. The Balaban J connectivity index is 2.13. The topological polar surface area (TPSA) is 70.4 Å². The van der Waals surface area contributed by atoms with E-state index in [9.17, 15) is 13.2 Å². The SMILES string of the molecule is CCN(CC)S(=O)(=O)c1cccc(NC(=O)C[n+]2ccc(C)cc2)c1. The van der Waals surface area contributed by atoms with Crippen LogP contribution in [0.15, 0.2) is 53.7 Å². The van der Waals surface area contributed by atoms with Crippen LogP contribution in [0.4, 0.5) is 5.69 Å². The number of hydrogen-bond acceptors (Lipinski definition) is 3. The summed E-state index contributed by atoms with van der Waals surface area (Å²) in [5.41, 5.74) is 1.58. The summed E-state index contributed by atoms with van der Waals surface area (Å²) in [7, 11) is -3.55. The van der Waals surface area contributed by atoms with Crippen molar-refractivity contribution >= 4 is 21.6 Å². The van der Waals surface area contributed by atoms with Crippen molar-refractivity contribution in [3.63, 3.8) is 0 Å². The molecule has 6 nitrogen and oxygen atoms in total. The Labute approximate surface area is 149 Å². The van der Waals surface area contributed by atoms with Gasteiger partial charge in [-0.1, -0.05) is 19.9 Å². The number of rotatable bonds is 7. The van der Waals surface area contributed by atoms with Gasteiger partial charge in [-0.2, -0.15) is 8.87 Å².